The maximum absolute atomic E-state index is 6.96. The zero-order valence-corrected chi connectivity index (χ0v) is 25.4. The van der Waals surface area contributed by atoms with Crippen molar-refractivity contribution >= 4 is 55.9 Å². The average molecular weight is 609 g/mol. The Morgan fingerprint density at radius 2 is 1.55 bits per heavy atom. The zero-order valence-electron chi connectivity index (χ0n) is 25.4. The van der Waals surface area contributed by atoms with Crippen LogP contribution in [0.3, 0.4) is 0 Å². The van der Waals surface area contributed by atoms with Crippen LogP contribution in [0, 0.1) is 0 Å². The molecule has 5 nitrogen and oxygen atoms in total. The van der Waals surface area contributed by atoms with E-state index in [0.29, 0.717) is 5.92 Å². The molecule has 4 aliphatic rings. The smallest absolute Gasteiger partial charge is 0.176 e. The average Bonchev–Trinajstić information content (AvgIpc) is 3.67. The predicted molar refractivity (Wildman–Crippen MR) is 188 cm³/mol. The third-order valence-corrected chi connectivity index (χ3v) is 10.1. The number of anilines is 3. The second-order valence-electron chi connectivity index (χ2n) is 12.8. The van der Waals surface area contributed by atoms with Gasteiger partial charge in [-0.3, -0.25) is 4.57 Å². The molecule has 0 N–H and O–H groups in total. The molecule has 2 aliphatic carbocycles. The molecule has 0 radical (unpaired) electrons. The fraction of sp³-hybridized carbons (Fsp3) is 0.0952. The minimum atomic E-state index is 0.332. The van der Waals surface area contributed by atoms with E-state index in [-0.39, 0.29) is 0 Å². The molecule has 5 aromatic carbocycles. The highest BCUT2D eigenvalue weighted by Gasteiger charge is 2.34. The van der Waals surface area contributed by atoms with Crippen molar-refractivity contribution in [2.24, 2.45) is 0 Å². The first-order valence-electron chi connectivity index (χ1n) is 16.3. The van der Waals surface area contributed by atoms with Crippen molar-refractivity contribution in [3.05, 3.63) is 138 Å². The van der Waals surface area contributed by atoms with Crippen molar-refractivity contribution in [1.29, 1.82) is 0 Å². The van der Waals surface area contributed by atoms with Gasteiger partial charge in [-0.25, -0.2) is 0 Å². The minimum Gasteiger partial charge on any atom is -0.456 e. The maximum Gasteiger partial charge on any atom is 0.176 e. The lowest BCUT2D eigenvalue weighted by Crippen LogP contribution is -2.15. The van der Waals surface area contributed by atoms with Crippen LogP contribution in [0.15, 0.2) is 126 Å². The van der Waals surface area contributed by atoms with Crippen molar-refractivity contribution < 1.29 is 13.9 Å². The van der Waals surface area contributed by atoms with Crippen LogP contribution >= 0.6 is 0 Å². The first-order chi connectivity index (χ1) is 23.3. The fourth-order valence-corrected chi connectivity index (χ4v) is 8.04. The molecule has 2 aromatic heterocycles. The monoisotopic (exact) mass is 608 g/mol. The van der Waals surface area contributed by atoms with Gasteiger partial charge >= 0.3 is 0 Å². The van der Waals surface area contributed by atoms with Crippen LogP contribution in [0.5, 0.6) is 23.0 Å². The summed E-state index contributed by atoms with van der Waals surface area (Å²) in [6, 6.07) is 32.4. The van der Waals surface area contributed by atoms with Gasteiger partial charge in [-0.1, -0.05) is 60.7 Å². The van der Waals surface area contributed by atoms with Crippen LogP contribution in [0.4, 0.5) is 17.1 Å². The molecular formula is C42H28N2O3. The molecule has 0 amide bonds. The second-order valence-corrected chi connectivity index (χ2v) is 12.8. The molecule has 47 heavy (non-hydrogen) atoms. The summed E-state index contributed by atoms with van der Waals surface area (Å²) in [6.45, 7) is 0. The van der Waals surface area contributed by atoms with Crippen molar-refractivity contribution in [3.63, 3.8) is 0 Å². The van der Waals surface area contributed by atoms with Gasteiger partial charge in [0, 0.05) is 39.0 Å². The number of furan rings is 1. The van der Waals surface area contributed by atoms with E-state index >= 15 is 0 Å². The summed E-state index contributed by atoms with van der Waals surface area (Å²) >= 11 is 0. The Morgan fingerprint density at radius 3 is 2.49 bits per heavy atom. The van der Waals surface area contributed by atoms with Gasteiger partial charge in [-0.05, 0) is 91.6 Å². The van der Waals surface area contributed by atoms with Crippen LogP contribution in [-0.2, 0) is 6.42 Å². The van der Waals surface area contributed by atoms with Gasteiger partial charge in [0.1, 0.15) is 17.0 Å². The maximum atomic E-state index is 6.96. The summed E-state index contributed by atoms with van der Waals surface area (Å²) in [7, 11) is 0. The standard InChI is InChI=1S/C42H28N2O3/c1-2-9-25(10-3-1)26-11-6-12-27(23-26)43(28-19-22-35-32(24-28)29-13-4-5-15-34(29)45-35)33-21-20-31-30-14-7-16-36-39(30)44-40(31)42(33)47-38-18-8-17-37(46-36)41(38)44/h1-3,5-9,11-12,14-25H,4,10,13H2. The molecule has 2 aliphatic heterocycles. The minimum absolute atomic E-state index is 0.332. The summed E-state index contributed by atoms with van der Waals surface area (Å²) in [5.41, 5.74) is 9.70. The van der Waals surface area contributed by atoms with Gasteiger partial charge in [0.25, 0.3) is 0 Å². The topological polar surface area (TPSA) is 39.8 Å². The van der Waals surface area contributed by atoms with Crippen LogP contribution in [0.2, 0.25) is 0 Å². The number of hydrogen-bond acceptors (Lipinski definition) is 4. The first kappa shape index (κ1) is 25.3. The first-order valence-corrected chi connectivity index (χ1v) is 16.3. The summed E-state index contributed by atoms with van der Waals surface area (Å²) in [5.74, 6) is 4.59. The number of aryl methyl sites for hydroxylation is 1. The second kappa shape index (κ2) is 9.30. The molecule has 1 unspecified atom stereocenters. The van der Waals surface area contributed by atoms with Crippen molar-refractivity contribution in [2.45, 2.75) is 25.2 Å². The highest BCUT2D eigenvalue weighted by Crippen LogP contribution is 2.57. The molecule has 5 heteroatoms. The Kier molecular flexibility index (Phi) is 5.00. The number of allylic oxidation sites excluding steroid dienone is 5. The van der Waals surface area contributed by atoms with Gasteiger partial charge < -0.3 is 18.8 Å². The lowest BCUT2D eigenvalue weighted by atomic mass is 9.92. The Balaban J connectivity index is 1.20. The number of ether oxygens (including phenoxy) is 2. The van der Waals surface area contributed by atoms with E-state index in [9.17, 15) is 0 Å². The molecule has 0 bridgehead atoms. The molecular weight excluding hydrogens is 580 g/mol. The van der Waals surface area contributed by atoms with Crippen molar-refractivity contribution in [2.75, 3.05) is 4.90 Å². The molecule has 7 aromatic rings. The molecule has 1 atom stereocenters. The third kappa shape index (κ3) is 3.48. The quantitative estimate of drug-likeness (QED) is 0.199. The Bertz CT molecular complexity index is 2580. The van der Waals surface area contributed by atoms with Crippen LogP contribution < -0.4 is 14.4 Å². The Hall–Kier alpha value is -5.94. The number of para-hydroxylation sites is 2. The SMILES string of the molecule is C1=CCC(c2cccc(N(c3ccc4oc5c(c4c3)CCC=C5)c3ccc4c5cccc6c5n5c4c3Oc3cccc(c3-5)O6)c2)C=C1. The molecule has 4 heterocycles. The van der Waals surface area contributed by atoms with Crippen molar-refractivity contribution in [3.8, 4) is 28.7 Å². The largest absolute Gasteiger partial charge is 0.456 e. The lowest BCUT2D eigenvalue weighted by molar-refractivity contribution is 0.444. The van der Waals surface area contributed by atoms with Crippen molar-refractivity contribution in [1.82, 2.24) is 4.57 Å². The van der Waals surface area contributed by atoms with Crippen LogP contribution in [0.1, 0.15) is 35.6 Å². The third-order valence-electron chi connectivity index (χ3n) is 10.1. The van der Waals surface area contributed by atoms with E-state index in [2.05, 4.69) is 119 Å². The molecule has 0 spiro atoms. The number of rotatable bonds is 4. The van der Waals surface area contributed by atoms with Gasteiger partial charge in [0.2, 0.25) is 0 Å². The van der Waals surface area contributed by atoms with E-state index in [0.717, 1.165) is 98.2 Å². The van der Waals surface area contributed by atoms with Crippen LogP contribution in [-0.4, -0.2) is 4.57 Å². The van der Waals surface area contributed by atoms with E-state index in [4.69, 9.17) is 13.9 Å². The van der Waals surface area contributed by atoms with E-state index < -0.39 is 0 Å². The summed E-state index contributed by atoms with van der Waals surface area (Å²) in [6.07, 6.45) is 16.1. The number of hydrogen-bond donors (Lipinski definition) is 0. The number of benzene rings is 5. The summed E-state index contributed by atoms with van der Waals surface area (Å²) in [5, 5.41) is 3.46. The highest BCUT2D eigenvalue weighted by molar-refractivity contribution is 6.16. The summed E-state index contributed by atoms with van der Waals surface area (Å²) in [4.78, 5) is 2.36. The van der Waals surface area contributed by atoms with Gasteiger partial charge in [-0.2, -0.15) is 0 Å². The normalized spacial score (nSPS) is 16.6. The Labute approximate surface area is 270 Å². The molecule has 0 saturated heterocycles. The Morgan fingerprint density at radius 1 is 0.702 bits per heavy atom. The van der Waals surface area contributed by atoms with Gasteiger partial charge in [-0.15, -0.1) is 0 Å². The number of nitrogens with zero attached hydrogens (tertiary/aromatic N) is 2. The van der Waals surface area contributed by atoms with Gasteiger partial charge in [0.05, 0.1) is 16.7 Å². The molecule has 11 rings (SSSR count). The van der Waals surface area contributed by atoms with E-state index in [1.807, 2.05) is 18.2 Å². The number of aromatic nitrogens is 1. The highest BCUT2D eigenvalue weighted by atomic mass is 16.5. The zero-order chi connectivity index (χ0) is 30.6. The predicted octanol–water partition coefficient (Wildman–Crippen LogP) is 11.8. The summed E-state index contributed by atoms with van der Waals surface area (Å²) < 4.78 is 22.0. The molecule has 0 fully saturated rings. The molecule has 224 valence electrons. The fourth-order valence-electron chi connectivity index (χ4n) is 8.04. The lowest BCUT2D eigenvalue weighted by Gasteiger charge is -2.32. The van der Waals surface area contributed by atoms with E-state index in [1.54, 1.807) is 0 Å². The van der Waals surface area contributed by atoms with Crippen LogP contribution in [0.25, 0.3) is 44.5 Å². The van der Waals surface area contributed by atoms with E-state index in [1.165, 1.54) is 16.5 Å². The molecule has 0 saturated carbocycles. The van der Waals surface area contributed by atoms with Gasteiger partial charge in [0.15, 0.2) is 23.0 Å². The number of fused-ring (bicyclic) bond motifs is 4.